The third kappa shape index (κ3) is 4.13. The highest BCUT2D eigenvalue weighted by molar-refractivity contribution is 9.10. The van der Waals surface area contributed by atoms with Gasteiger partial charge < -0.3 is 0 Å². The van der Waals surface area contributed by atoms with E-state index >= 15 is 0 Å². The lowest BCUT2D eigenvalue weighted by molar-refractivity contribution is 0.849. The van der Waals surface area contributed by atoms with E-state index in [0.29, 0.717) is 11.8 Å². The second-order valence-electron chi connectivity index (χ2n) is 7.35. The predicted octanol–water partition coefficient (Wildman–Crippen LogP) is 8.79. The van der Waals surface area contributed by atoms with Crippen molar-refractivity contribution < 1.29 is 0 Å². The first-order chi connectivity index (χ1) is 12.4. The van der Waals surface area contributed by atoms with Crippen LogP contribution in [0.1, 0.15) is 50.7 Å². The van der Waals surface area contributed by atoms with E-state index in [4.69, 9.17) is 0 Å². The SMILES string of the molecule is CC(C)c1cc(-c2ccc(Br)cc2)c(C(C)C)cc1-c1ccc(Br)cc1. The van der Waals surface area contributed by atoms with E-state index in [1.165, 1.54) is 33.4 Å². The molecule has 2 heteroatoms. The van der Waals surface area contributed by atoms with E-state index in [1.54, 1.807) is 0 Å². The molecule has 0 bridgehead atoms. The van der Waals surface area contributed by atoms with Crippen molar-refractivity contribution in [3.8, 4) is 22.3 Å². The molecule has 0 unspecified atom stereocenters. The van der Waals surface area contributed by atoms with Crippen molar-refractivity contribution >= 4 is 31.9 Å². The maximum absolute atomic E-state index is 3.55. The van der Waals surface area contributed by atoms with Gasteiger partial charge in [-0.1, -0.05) is 83.8 Å². The van der Waals surface area contributed by atoms with Crippen LogP contribution in [0.4, 0.5) is 0 Å². The van der Waals surface area contributed by atoms with Crippen molar-refractivity contribution in [1.29, 1.82) is 0 Å². The smallest absolute Gasteiger partial charge is 0.0175 e. The van der Waals surface area contributed by atoms with Crippen molar-refractivity contribution in [2.24, 2.45) is 0 Å². The average molecular weight is 472 g/mol. The summed E-state index contributed by atoms with van der Waals surface area (Å²) in [5, 5.41) is 0. The van der Waals surface area contributed by atoms with Gasteiger partial charge in [0, 0.05) is 8.95 Å². The minimum atomic E-state index is 0.462. The first kappa shape index (κ1) is 19.4. The van der Waals surface area contributed by atoms with Crippen molar-refractivity contribution in [3.63, 3.8) is 0 Å². The molecule has 0 radical (unpaired) electrons. The molecule has 0 fully saturated rings. The molecule has 3 aromatic carbocycles. The maximum Gasteiger partial charge on any atom is 0.0175 e. The summed E-state index contributed by atoms with van der Waals surface area (Å²) in [6.07, 6.45) is 0. The van der Waals surface area contributed by atoms with Crippen LogP contribution in [0.2, 0.25) is 0 Å². The molecule has 0 aliphatic rings. The Hall–Kier alpha value is -1.38. The van der Waals surface area contributed by atoms with Crippen molar-refractivity contribution in [1.82, 2.24) is 0 Å². The van der Waals surface area contributed by atoms with E-state index in [-0.39, 0.29) is 0 Å². The molecule has 134 valence electrons. The monoisotopic (exact) mass is 470 g/mol. The summed E-state index contributed by atoms with van der Waals surface area (Å²) >= 11 is 7.09. The summed E-state index contributed by atoms with van der Waals surface area (Å²) in [6.45, 7) is 9.10. The van der Waals surface area contributed by atoms with Gasteiger partial charge in [0.05, 0.1) is 0 Å². The fraction of sp³-hybridized carbons (Fsp3) is 0.250. The molecule has 3 aromatic rings. The Morgan fingerprint density at radius 2 is 0.846 bits per heavy atom. The second-order valence-corrected chi connectivity index (χ2v) is 9.18. The van der Waals surface area contributed by atoms with Crippen LogP contribution in [-0.4, -0.2) is 0 Å². The maximum atomic E-state index is 3.55. The molecule has 0 aromatic heterocycles. The summed E-state index contributed by atoms with van der Waals surface area (Å²) in [4.78, 5) is 0. The van der Waals surface area contributed by atoms with Gasteiger partial charge in [0.1, 0.15) is 0 Å². The normalized spacial score (nSPS) is 11.4. The first-order valence-electron chi connectivity index (χ1n) is 9.06. The van der Waals surface area contributed by atoms with Crippen LogP contribution in [0.3, 0.4) is 0 Å². The molecule has 3 rings (SSSR count). The number of hydrogen-bond acceptors (Lipinski definition) is 0. The van der Waals surface area contributed by atoms with Crippen LogP contribution in [0, 0.1) is 0 Å². The minimum absolute atomic E-state index is 0.462. The lowest BCUT2D eigenvalue weighted by Gasteiger charge is -2.21. The van der Waals surface area contributed by atoms with Crippen molar-refractivity contribution in [2.45, 2.75) is 39.5 Å². The van der Waals surface area contributed by atoms with Gasteiger partial charge in [-0.3, -0.25) is 0 Å². The molecule has 0 heterocycles. The van der Waals surface area contributed by atoms with Crippen molar-refractivity contribution in [3.05, 3.63) is 80.7 Å². The summed E-state index contributed by atoms with van der Waals surface area (Å²) < 4.78 is 2.23. The molecular formula is C24H24Br2. The van der Waals surface area contributed by atoms with Gasteiger partial charge in [0.25, 0.3) is 0 Å². The molecule has 0 aliphatic carbocycles. The molecule has 0 amide bonds. The van der Waals surface area contributed by atoms with Crippen LogP contribution in [0.15, 0.2) is 69.6 Å². The number of hydrogen-bond donors (Lipinski definition) is 0. The third-order valence-electron chi connectivity index (χ3n) is 4.78. The van der Waals surface area contributed by atoms with E-state index in [1.807, 2.05) is 0 Å². The average Bonchev–Trinajstić information content (AvgIpc) is 2.62. The zero-order chi connectivity index (χ0) is 18.8. The second kappa shape index (κ2) is 8.10. The van der Waals surface area contributed by atoms with Crippen LogP contribution < -0.4 is 0 Å². The standard InChI is InChI=1S/C24H24Br2/c1-15(2)21-13-24(18-7-11-20(26)12-8-18)22(16(3)4)14-23(21)17-5-9-19(25)10-6-17/h5-16H,1-4H3. The highest BCUT2D eigenvalue weighted by atomic mass is 79.9. The summed E-state index contributed by atoms with van der Waals surface area (Å²) in [5.74, 6) is 0.924. The highest BCUT2D eigenvalue weighted by Crippen LogP contribution is 2.39. The highest BCUT2D eigenvalue weighted by Gasteiger charge is 2.17. The Kier molecular flexibility index (Phi) is 6.04. The Morgan fingerprint density at radius 3 is 1.12 bits per heavy atom. The predicted molar refractivity (Wildman–Crippen MR) is 121 cm³/mol. The Bertz CT molecular complexity index is 811. The quantitative estimate of drug-likeness (QED) is 0.356. The largest absolute Gasteiger partial charge is 0.0587 e. The molecule has 26 heavy (non-hydrogen) atoms. The minimum Gasteiger partial charge on any atom is -0.0587 e. The van der Waals surface area contributed by atoms with Crippen LogP contribution in [0.25, 0.3) is 22.3 Å². The van der Waals surface area contributed by atoms with Crippen LogP contribution in [0.5, 0.6) is 0 Å². The van der Waals surface area contributed by atoms with Gasteiger partial charge in [-0.05, 0) is 81.6 Å². The summed E-state index contributed by atoms with van der Waals surface area (Å²) in [5.41, 5.74) is 8.04. The topological polar surface area (TPSA) is 0 Å². The molecule has 0 atom stereocenters. The van der Waals surface area contributed by atoms with Gasteiger partial charge in [0.15, 0.2) is 0 Å². The van der Waals surface area contributed by atoms with Gasteiger partial charge in [-0.25, -0.2) is 0 Å². The van der Waals surface area contributed by atoms with Crippen LogP contribution in [-0.2, 0) is 0 Å². The molecule has 0 saturated carbocycles. The third-order valence-corrected chi connectivity index (χ3v) is 5.83. The number of rotatable bonds is 4. The van der Waals surface area contributed by atoms with Gasteiger partial charge in [0.2, 0.25) is 0 Å². The molecular weight excluding hydrogens is 448 g/mol. The summed E-state index contributed by atoms with van der Waals surface area (Å²) in [7, 11) is 0. The molecule has 0 aliphatic heterocycles. The van der Waals surface area contributed by atoms with Crippen molar-refractivity contribution in [2.75, 3.05) is 0 Å². The van der Waals surface area contributed by atoms with E-state index < -0.39 is 0 Å². The van der Waals surface area contributed by atoms with Gasteiger partial charge in [-0.2, -0.15) is 0 Å². The Balaban J connectivity index is 2.25. The fourth-order valence-electron chi connectivity index (χ4n) is 3.35. The Morgan fingerprint density at radius 1 is 0.538 bits per heavy atom. The van der Waals surface area contributed by atoms with Gasteiger partial charge in [-0.15, -0.1) is 0 Å². The van der Waals surface area contributed by atoms with Crippen LogP contribution >= 0.6 is 31.9 Å². The molecule has 0 N–H and O–H groups in total. The zero-order valence-electron chi connectivity index (χ0n) is 15.7. The lowest BCUT2D eigenvalue weighted by Crippen LogP contribution is -2.00. The van der Waals surface area contributed by atoms with E-state index in [9.17, 15) is 0 Å². The summed E-state index contributed by atoms with van der Waals surface area (Å²) in [6, 6.07) is 22.1. The van der Waals surface area contributed by atoms with E-state index in [2.05, 4.69) is 120 Å². The zero-order valence-corrected chi connectivity index (χ0v) is 18.9. The molecule has 0 spiro atoms. The van der Waals surface area contributed by atoms with Gasteiger partial charge >= 0.3 is 0 Å². The fourth-order valence-corrected chi connectivity index (χ4v) is 3.88. The number of benzene rings is 3. The first-order valence-corrected chi connectivity index (χ1v) is 10.6. The molecule has 0 saturated heterocycles. The number of halogens is 2. The molecule has 0 nitrogen and oxygen atoms in total. The van der Waals surface area contributed by atoms with E-state index in [0.717, 1.165) is 8.95 Å². The lowest BCUT2D eigenvalue weighted by atomic mass is 9.83. The Labute approximate surface area is 173 Å².